The lowest BCUT2D eigenvalue weighted by Crippen LogP contribution is -2.30. The number of fused-ring (bicyclic) bond motifs is 1. The Labute approximate surface area is 133 Å². The van der Waals surface area contributed by atoms with Gasteiger partial charge >= 0.3 is 0 Å². The largest absolute Gasteiger partial charge is 0.507 e. The Morgan fingerprint density at radius 3 is 2.74 bits per heavy atom. The predicted molar refractivity (Wildman–Crippen MR) is 86.7 cm³/mol. The summed E-state index contributed by atoms with van der Waals surface area (Å²) < 4.78 is 1.47. The lowest BCUT2D eigenvalue weighted by Gasteiger charge is -2.14. The standard InChI is InChI=1S/C17H19N3O3/c1-17(2)8-10-11(9-17)20(3)16(23)13(14(10)21)15(22)19-12-6-4-5-7-18-12/h4-7,21H,8-9H2,1-3H3,(H,18,19,22). The van der Waals surface area contributed by atoms with Crippen molar-refractivity contribution in [1.29, 1.82) is 0 Å². The summed E-state index contributed by atoms with van der Waals surface area (Å²) in [4.78, 5) is 29.0. The molecule has 0 saturated heterocycles. The Bertz CT molecular complexity index is 838. The van der Waals surface area contributed by atoms with Crippen molar-refractivity contribution >= 4 is 11.7 Å². The third kappa shape index (κ3) is 2.60. The van der Waals surface area contributed by atoms with Gasteiger partial charge in [-0.05, 0) is 30.4 Å². The number of rotatable bonds is 2. The van der Waals surface area contributed by atoms with Gasteiger partial charge in [-0.25, -0.2) is 4.98 Å². The van der Waals surface area contributed by atoms with Crippen LogP contribution in [0.2, 0.25) is 0 Å². The second-order valence-electron chi connectivity index (χ2n) is 6.70. The molecule has 1 aliphatic carbocycles. The van der Waals surface area contributed by atoms with E-state index >= 15 is 0 Å². The van der Waals surface area contributed by atoms with E-state index in [1.807, 2.05) is 0 Å². The number of nitrogens with zero attached hydrogens (tertiary/aromatic N) is 2. The van der Waals surface area contributed by atoms with Crippen molar-refractivity contribution < 1.29 is 9.90 Å². The average Bonchev–Trinajstić information content (AvgIpc) is 2.82. The van der Waals surface area contributed by atoms with E-state index in [0.717, 1.165) is 5.69 Å². The van der Waals surface area contributed by atoms with Crippen LogP contribution >= 0.6 is 0 Å². The molecule has 2 aromatic heterocycles. The molecule has 1 aliphatic rings. The Balaban J connectivity index is 2.06. The molecule has 23 heavy (non-hydrogen) atoms. The number of carbonyl (C=O) groups is 1. The maximum atomic E-state index is 12.5. The van der Waals surface area contributed by atoms with Gasteiger partial charge in [0.2, 0.25) is 0 Å². The van der Waals surface area contributed by atoms with Gasteiger partial charge in [0, 0.05) is 24.5 Å². The van der Waals surface area contributed by atoms with Gasteiger partial charge in [0.05, 0.1) is 0 Å². The molecule has 1 amide bonds. The molecule has 6 heteroatoms. The van der Waals surface area contributed by atoms with Gasteiger partial charge < -0.3 is 15.0 Å². The van der Waals surface area contributed by atoms with Crippen molar-refractivity contribution in [1.82, 2.24) is 9.55 Å². The molecule has 6 nitrogen and oxygen atoms in total. The smallest absolute Gasteiger partial charge is 0.267 e. The SMILES string of the molecule is Cn1c2c(c(O)c(C(=O)Nc3ccccn3)c1=O)CC(C)(C)C2. The molecule has 0 aliphatic heterocycles. The predicted octanol–water partition coefficient (Wildman–Crippen LogP) is 1.86. The highest BCUT2D eigenvalue weighted by atomic mass is 16.3. The zero-order valence-corrected chi connectivity index (χ0v) is 13.4. The van der Waals surface area contributed by atoms with Gasteiger partial charge in [0.25, 0.3) is 11.5 Å². The van der Waals surface area contributed by atoms with Crippen molar-refractivity contribution in [2.24, 2.45) is 12.5 Å². The molecule has 0 bridgehead atoms. The maximum Gasteiger partial charge on any atom is 0.267 e. The van der Waals surface area contributed by atoms with Crippen molar-refractivity contribution in [3.8, 4) is 5.75 Å². The van der Waals surface area contributed by atoms with Gasteiger partial charge in [-0.1, -0.05) is 19.9 Å². The van der Waals surface area contributed by atoms with Gasteiger partial charge in [-0.15, -0.1) is 0 Å². The Morgan fingerprint density at radius 2 is 2.09 bits per heavy atom. The first-order chi connectivity index (χ1) is 10.8. The summed E-state index contributed by atoms with van der Waals surface area (Å²) in [7, 11) is 1.64. The minimum Gasteiger partial charge on any atom is -0.507 e. The fraction of sp³-hybridized carbons (Fsp3) is 0.353. The first-order valence-electron chi connectivity index (χ1n) is 7.46. The number of hydrogen-bond donors (Lipinski definition) is 2. The van der Waals surface area contributed by atoms with Crippen molar-refractivity contribution in [2.45, 2.75) is 26.7 Å². The maximum absolute atomic E-state index is 12.5. The summed E-state index contributed by atoms with van der Waals surface area (Å²) in [6.45, 7) is 4.15. The molecule has 0 atom stereocenters. The molecular formula is C17H19N3O3. The molecule has 120 valence electrons. The number of anilines is 1. The Hall–Kier alpha value is -2.63. The first kappa shape index (κ1) is 15.3. The molecule has 0 unspecified atom stereocenters. The summed E-state index contributed by atoms with van der Waals surface area (Å²) in [5.41, 5.74) is 0.720. The number of nitrogens with one attached hydrogen (secondary N) is 1. The molecule has 0 fully saturated rings. The summed E-state index contributed by atoms with van der Waals surface area (Å²) >= 11 is 0. The molecule has 0 spiro atoms. The Kier molecular flexibility index (Phi) is 3.47. The van der Waals surface area contributed by atoms with E-state index < -0.39 is 11.5 Å². The third-order valence-corrected chi connectivity index (χ3v) is 4.23. The van der Waals surface area contributed by atoms with E-state index in [2.05, 4.69) is 24.1 Å². The van der Waals surface area contributed by atoms with Gasteiger partial charge in [-0.3, -0.25) is 9.59 Å². The highest BCUT2D eigenvalue weighted by molar-refractivity contribution is 6.05. The van der Waals surface area contributed by atoms with E-state index in [4.69, 9.17) is 0 Å². The van der Waals surface area contributed by atoms with Crippen LogP contribution < -0.4 is 10.9 Å². The van der Waals surface area contributed by atoms with Crippen LogP contribution in [-0.2, 0) is 19.9 Å². The summed E-state index contributed by atoms with van der Waals surface area (Å²) in [5.74, 6) is -0.517. The lowest BCUT2D eigenvalue weighted by molar-refractivity contribution is 0.102. The summed E-state index contributed by atoms with van der Waals surface area (Å²) in [5, 5.41) is 13.1. The fourth-order valence-corrected chi connectivity index (χ4v) is 3.11. The molecule has 0 aromatic carbocycles. The number of pyridine rings is 2. The van der Waals surface area contributed by atoms with Gasteiger partial charge in [0.15, 0.2) is 0 Å². The minimum atomic E-state index is -0.644. The third-order valence-electron chi connectivity index (χ3n) is 4.23. The van der Waals surface area contributed by atoms with Crippen LogP contribution in [-0.4, -0.2) is 20.6 Å². The van der Waals surface area contributed by atoms with E-state index in [1.54, 1.807) is 31.4 Å². The highest BCUT2D eigenvalue weighted by Crippen LogP contribution is 2.40. The number of hydrogen-bond acceptors (Lipinski definition) is 4. The monoisotopic (exact) mass is 313 g/mol. The minimum absolute atomic E-state index is 0.0416. The van der Waals surface area contributed by atoms with Crippen molar-refractivity contribution in [3.63, 3.8) is 0 Å². The van der Waals surface area contributed by atoms with Gasteiger partial charge in [0.1, 0.15) is 17.1 Å². The number of carbonyl (C=O) groups excluding carboxylic acids is 1. The van der Waals surface area contributed by atoms with E-state index in [1.165, 1.54) is 4.57 Å². The second-order valence-corrected chi connectivity index (χ2v) is 6.70. The average molecular weight is 313 g/mol. The number of aromatic hydroxyl groups is 1. The molecular weight excluding hydrogens is 294 g/mol. The summed E-state index contributed by atoms with van der Waals surface area (Å²) in [6.07, 6.45) is 2.87. The quantitative estimate of drug-likeness (QED) is 0.886. The Morgan fingerprint density at radius 1 is 1.35 bits per heavy atom. The molecule has 0 saturated carbocycles. The van der Waals surface area contributed by atoms with E-state index in [-0.39, 0.29) is 16.7 Å². The van der Waals surface area contributed by atoms with Crippen LogP contribution in [0.3, 0.4) is 0 Å². The van der Waals surface area contributed by atoms with Crippen LogP contribution in [0.15, 0.2) is 29.2 Å². The number of amides is 1. The normalized spacial score (nSPS) is 15.3. The molecule has 3 rings (SSSR count). The van der Waals surface area contributed by atoms with Crippen LogP contribution in [0.1, 0.15) is 35.5 Å². The lowest BCUT2D eigenvalue weighted by atomic mass is 9.90. The molecule has 2 heterocycles. The van der Waals surface area contributed by atoms with Crippen molar-refractivity contribution in [3.05, 3.63) is 51.6 Å². The molecule has 2 N–H and O–H groups in total. The number of aromatic nitrogens is 2. The zero-order valence-electron chi connectivity index (χ0n) is 13.4. The van der Waals surface area contributed by atoms with Crippen LogP contribution in [0.4, 0.5) is 5.82 Å². The van der Waals surface area contributed by atoms with Crippen LogP contribution in [0.5, 0.6) is 5.75 Å². The second kappa shape index (κ2) is 5.22. The van der Waals surface area contributed by atoms with Gasteiger partial charge in [-0.2, -0.15) is 0 Å². The summed E-state index contributed by atoms with van der Waals surface area (Å²) in [6, 6.07) is 5.07. The topological polar surface area (TPSA) is 84.2 Å². The zero-order chi connectivity index (χ0) is 16.8. The van der Waals surface area contributed by atoms with E-state index in [9.17, 15) is 14.7 Å². The van der Waals surface area contributed by atoms with Crippen LogP contribution in [0, 0.1) is 5.41 Å². The first-order valence-corrected chi connectivity index (χ1v) is 7.46. The highest BCUT2D eigenvalue weighted by Gasteiger charge is 2.35. The van der Waals surface area contributed by atoms with Crippen LogP contribution in [0.25, 0.3) is 0 Å². The van der Waals surface area contributed by atoms with Crippen molar-refractivity contribution in [2.75, 3.05) is 5.32 Å². The fourth-order valence-electron chi connectivity index (χ4n) is 3.11. The molecule has 2 aromatic rings. The molecule has 0 radical (unpaired) electrons. The van der Waals surface area contributed by atoms with E-state index in [0.29, 0.717) is 24.2 Å².